The number of aromatic nitrogens is 1. The Bertz CT molecular complexity index is 448. The first-order chi connectivity index (χ1) is 10.2. The van der Waals surface area contributed by atoms with Gasteiger partial charge in [-0.15, -0.1) is 0 Å². The molecule has 0 bridgehead atoms. The molecule has 1 aliphatic rings. The Labute approximate surface area is 130 Å². The molecule has 7 heteroatoms. The van der Waals surface area contributed by atoms with Crippen LogP contribution in [0.25, 0.3) is 0 Å². The van der Waals surface area contributed by atoms with Crippen molar-refractivity contribution in [1.82, 2.24) is 20.7 Å². The van der Waals surface area contributed by atoms with Gasteiger partial charge in [-0.2, -0.15) is 11.8 Å². The molecule has 0 unspecified atom stereocenters. The minimum absolute atomic E-state index is 0.682. The molecule has 0 radical (unpaired) electrons. The Balaban J connectivity index is 1.71. The van der Waals surface area contributed by atoms with Gasteiger partial charge in [-0.25, -0.2) is 0 Å². The van der Waals surface area contributed by atoms with Gasteiger partial charge in [0.15, 0.2) is 5.96 Å². The lowest BCUT2D eigenvalue weighted by Gasteiger charge is -2.26. The van der Waals surface area contributed by atoms with Gasteiger partial charge in [-0.05, 0) is 13.8 Å². The van der Waals surface area contributed by atoms with E-state index in [2.05, 4.69) is 25.7 Å². The molecule has 0 atom stereocenters. The van der Waals surface area contributed by atoms with Crippen LogP contribution in [-0.4, -0.2) is 60.7 Å². The fourth-order valence-corrected chi connectivity index (χ4v) is 3.28. The molecule has 1 aromatic heterocycles. The summed E-state index contributed by atoms with van der Waals surface area (Å²) in [6, 6.07) is 0. The van der Waals surface area contributed by atoms with Gasteiger partial charge in [0.1, 0.15) is 5.76 Å². The molecule has 0 amide bonds. The Morgan fingerprint density at radius 1 is 1.33 bits per heavy atom. The van der Waals surface area contributed by atoms with E-state index in [1.165, 1.54) is 24.6 Å². The van der Waals surface area contributed by atoms with Crippen LogP contribution in [-0.2, 0) is 6.54 Å². The maximum Gasteiger partial charge on any atom is 0.191 e. The smallest absolute Gasteiger partial charge is 0.191 e. The van der Waals surface area contributed by atoms with E-state index in [0.29, 0.717) is 6.54 Å². The van der Waals surface area contributed by atoms with Gasteiger partial charge in [-0.1, -0.05) is 5.16 Å². The molecule has 1 saturated heterocycles. The van der Waals surface area contributed by atoms with Crippen molar-refractivity contribution in [1.29, 1.82) is 0 Å². The van der Waals surface area contributed by atoms with E-state index >= 15 is 0 Å². The third kappa shape index (κ3) is 4.93. The summed E-state index contributed by atoms with van der Waals surface area (Å²) < 4.78 is 5.16. The maximum atomic E-state index is 5.16. The zero-order chi connectivity index (χ0) is 15.1. The first kappa shape index (κ1) is 16.2. The van der Waals surface area contributed by atoms with Crippen LogP contribution in [0.2, 0.25) is 0 Å². The van der Waals surface area contributed by atoms with Crippen LogP contribution in [0.3, 0.4) is 0 Å². The topological polar surface area (TPSA) is 65.7 Å². The summed E-state index contributed by atoms with van der Waals surface area (Å²) in [5, 5.41) is 10.6. The zero-order valence-corrected chi connectivity index (χ0v) is 13.9. The Kier molecular flexibility index (Phi) is 6.38. The zero-order valence-electron chi connectivity index (χ0n) is 13.1. The molecule has 2 heterocycles. The lowest BCUT2D eigenvalue weighted by Crippen LogP contribution is -2.43. The Hall–Kier alpha value is -1.21. The van der Waals surface area contributed by atoms with Crippen molar-refractivity contribution < 1.29 is 4.52 Å². The number of thioether (sulfide) groups is 1. The highest BCUT2D eigenvalue weighted by Gasteiger charge is 2.11. The molecule has 1 aromatic rings. The summed E-state index contributed by atoms with van der Waals surface area (Å²) in [6.45, 7) is 8.92. The largest absolute Gasteiger partial charge is 0.361 e. The van der Waals surface area contributed by atoms with E-state index in [4.69, 9.17) is 4.52 Å². The predicted octanol–water partition coefficient (Wildman–Crippen LogP) is 1.01. The van der Waals surface area contributed by atoms with E-state index in [-0.39, 0.29) is 0 Å². The number of hydrogen-bond acceptors (Lipinski definition) is 5. The average molecular weight is 311 g/mol. The molecule has 2 N–H and O–H groups in total. The van der Waals surface area contributed by atoms with Crippen LogP contribution in [0, 0.1) is 13.8 Å². The third-order valence-electron chi connectivity index (χ3n) is 3.66. The van der Waals surface area contributed by atoms with Gasteiger partial charge in [-0.3, -0.25) is 9.89 Å². The van der Waals surface area contributed by atoms with Gasteiger partial charge in [0.25, 0.3) is 0 Å². The van der Waals surface area contributed by atoms with E-state index in [9.17, 15) is 0 Å². The molecule has 0 aliphatic carbocycles. The standard InChI is InChI=1S/C14H25N5OS/c1-11-13(12(2)20-18-11)10-17-14(15-3)16-4-5-19-6-8-21-9-7-19/h4-10H2,1-3H3,(H2,15,16,17). The fraction of sp³-hybridized carbons (Fsp3) is 0.714. The van der Waals surface area contributed by atoms with E-state index in [0.717, 1.165) is 36.1 Å². The number of nitrogens with zero attached hydrogens (tertiary/aromatic N) is 3. The van der Waals surface area contributed by atoms with Crippen LogP contribution in [0.5, 0.6) is 0 Å². The summed E-state index contributed by atoms with van der Waals surface area (Å²) >= 11 is 2.04. The van der Waals surface area contributed by atoms with Crippen molar-refractivity contribution >= 4 is 17.7 Å². The van der Waals surface area contributed by atoms with Crippen molar-refractivity contribution in [3.8, 4) is 0 Å². The first-order valence-electron chi connectivity index (χ1n) is 7.37. The van der Waals surface area contributed by atoms with E-state index in [1.54, 1.807) is 7.05 Å². The molecular weight excluding hydrogens is 286 g/mol. The number of guanidine groups is 1. The average Bonchev–Trinajstić information content (AvgIpc) is 2.83. The lowest BCUT2D eigenvalue weighted by atomic mass is 10.2. The molecule has 6 nitrogen and oxygen atoms in total. The van der Waals surface area contributed by atoms with Crippen molar-refractivity contribution in [3.05, 3.63) is 17.0 Å². The van der Waals surface area contributed by atoms with Gasteiger partial charge in [0.05, 0.1) is 5.69 Å². The van der Waals surface area contributed by atoms with Gasteiger partial charge in [0, 0.05) is 56.8 Å². The minimum atomic E-state index is 0.682. The fourth-order valence-electron chi connectivity index (χ4n) is 2.30. The van der Waals surface area contributed by atoms with Crippen LogP contribution in [0.15, 0.2) is 9.52 Å². The summed E-state index contributed by atoms with van der Waals surface area (Å²) in [6.07, 6.45) is 0. The highest BCUT2D eigenvalue weighted by molar-refractivity contribution is 7.99. The number of hydrogen-bond donors (Lipinski definition) is 2. The molecular formula is C14H25N5OS. The monoisotopic (exact) mass is 311 g/mol. The van der Waals surface area contributed by atoms with Crippen molar-refractivity contribution in [2.24, 2.45) is 4.99 Å². The summed E-state index contributed by atoms with van der Waals surface area (Å²) in [5.41, 5.74) is 2.03. The van der Waals surface area contributed by atoms with E-state index < -0.39 is 0 Å². The van der Waals surface area contributed by atoms with Crippen LogP contribution in [0.4, 0.5) is 0 Å². The van der Waals surface area contributed by atoms with Crippen molar-refractivity contribution in [3.63, 3.8) is 0 Å². The number of aliphatic imine (C=N–C) groups is 1. The minimum Gasteiger partial charge on any atom is -0.361 e. The van der Waals surface area contributed by atoms with Gasteiger partial charge in [0.2, 0.25) is 0 Å². The Morgan fingerprint density at radius 3 is 2.71 bits per heavy atom. The molecule has 118 valence electrons. The summed E-state index contributed by atoms with van der Waals surface area (Å²) in [7, 11) is 1.79. The second-order valence-corrected chi connectivity index (χ2v) is 6.33. The first-order valence-corrected chi connectivity index (χ1v) is 8.52. The van der Waals surface area contributed by atoms with Crippen LogP contribution in [0.1, 0.15) is 17.0 Å². The highest BCUT2D eigenvalue weighted by atomic mass is 32.2. The predicted molar refractivity (Wildman–Crippen MR) is 87.9 cm³/mol. The maximum absolute atomic E-state index is 5.16. The lowest BCUT2D eigenvalue weighted by molar-refractivity contribution is 0.307. The molecule has 1 aliphatic heterocycles. The molecule has 2 rings (SSSR count). The van der Waals surface area contributed by atoms with Crippen molar-refractivity contribution in [2.75, 3.05) is 44.7 Å². The highest BCUT2D eigenvalue weighted by Crippen LogP contribution is 2.11. The SMILES string of the molecule is CN=C(NCCN1CCSCC1)NCc1c(C)noc1C. The number of rotatable bonds is 5. The molecule has 21 heavy (non-hydrogen) atoms. The number of nitrogens with one attached hydrogen (secondary N) is 2. The normalized spacial score (nSPS) is 17.0. The van der Waals surface area contributed by atoms with Gasteiger partial charge >= 0.3 is 0 Å². The second-order valence-electron chi connectivity index (χ2n) is 5.11. The second kappa shape index (κ2) is 8.29. The summed E-state index contributed by atoms with van der Waals surface area (Å²) in [5.74, 6) is 4.18. The molecule has 0 aromatic carbocycles. The quantitative estimate of drug-likeness (QED) is 0.625. The number of aryl methyl sites for hydroxylation is 2. The summed E-state index contributed by atoms with van der Waals surface area (Å²) in [4.78, 5) is 6.74. The molecule has 0 saturated carbocycles. The van der Waals surface area contributed by atoms with Crippen LogP contribution >= 0.6 is 11.8 Å². The van der Waals surface area contributed by atoms with Gasteiger partial charge < -0.3 is 15.2 Å². The van der Waals surface area contributed by atoms with Crippen molar-refractivity contribution in [2.45, 2.75) is 20.4 Å². The van der Waals surface area contributed by atoms with Crippen LogP contribution < -0.4 is 10.6 Å². The Morgan fingerprint density at radius 2 is 2.10 bits per heavy atom. The molecule has 0 spiro atoms. The molecule has 1 fully saturated rings. The third-order valence-corrected chi connectivity index (χ3v) is 4.60. The van der Waals surface area contributed by atoms with E-state index in [1.807, 2.05) is 25.6 Å².